The van der Waals surface area contributed by atoms with Gasteiger partial charge in [0, 0.05) is 43.7 Å². The first-order valence-corrected chi connectivity index (χ1v) is 7.29. The van der Waals surface area contributed by atoms with Gasteiger partial charge in [-0.25, -0.2) is 10.4 Å². The van der Waals surface area contributed by atoms with Gasteiger partial charge in [-0.1, -0.05) is 0 Å². The maximum Gasteiger partial charge on any atom is 0.221 e. The number of aryl methyl sites for hydroxylation is 1. The van der Waals surface area contributed by atoms with Gasteiger partial charge in [-0.2, -0.15) is 0 Å². The molecular formula is C11H20N6OS. The minimum absolute atomic E-state index is 0.0547. The van der Waals surface area contributed by atoms with Crippen molar-refractivity contribution < 1.29 is 4.79 Å². The fraction of sp³-hybridized carbons (Fsp3) is 0.636. The van der Waals surface area contributed by atoms with Crippen molar-refractivity contribution in [3.8, 4) is 0 Å². The van der Waals surface area contributed by atoms with Gasteiger partial charge in [0.25, 0.3) is 0 Å². The van der Waals surface area contributed by atoms with Crippen LogP contribution in [0.1, 0.15) is 12.8 Å². The van der Waals surface area contributed by atoms with Gasteiger partial charge < -0.3 is 9.88 Å². The Bertz CT molecular complexity index is 385. The van der Waals surface area contributed by atoms with Crippen LogP contribution in [0, 0.1) is 0 Å². The van der Waals surface area contributed by atoms with E-state index in [0.717, 1.165) is 19.5 Å². The molecular weight excluding hydrogens is 264 g/mol. The van der Waals surface area contributed by atoms with E-state index in [1.165, 1.54) is 0 Å². The second-order valence-corrected chi connectivity index (χ2v) is 5.83. The number of hydrogen-bond acceptors (Lipinski definition) is 6. The summed E-state index contributed by atoms with van der Waals surface area (Å²) in [4.78, 5) is 15.7. The Morgan fingerprint density at radius 3 is 3.21 bits per heavy atom. The largest absolute Gasteiger partial charge is 0.356 e. The van der Waals surface area contributed by atoms with Crippen molar-refractivity contribution in [3.63, 3.8) is 0 Å². The third kappa shape index (κ3) is 4.83. The first-order valence-electron chi connectivity index (χ1n) is 6.35. The molecule has 5 N–H and O–H groups in total. The van der Waals surface area contributed by atoms with Crippen LogP contribution in [0.4, 0.5) is 0 Å². The van der Waals surface area contributed by atoms with Crippen molar-refractivity contribution in [2.75, 3.05) is 13.1 Å². The molecule has 0 saturated carbocycles. The van der Waals surface area contributed by atoms with Crippen LogP contribution in [0.15, 0.2) is 18.7 Å². The number of carbonyl (C=O) groups is 1. The SMILES string of the molecule is NNC1NCC(CC(=O)NCCCn2ccnc2)S1. The number of carbonyl (C=O) groups excluding carboxylic acids is 1. The van der Waals surface area contributed by atoms with E-state index >= 15 is 0 Å². The zero-order chi connectivity index (χ0) is 13.5. The Labute approximate surface area is 116 Å². The second kappa shape index (κ2) is 7.49. The van der Waals surface area contributed by atoms with E-state index in [1.54, 1.807) is 24.3 Å². The van der Waals surface area contributed by atoms with Crippen LogP contribution in [-0.2, 0) is 11.3 Å². The maximum absolute atomic E-state index is 11.7. The lowest BCUT2D eigenvalue weighted by Gasteiger charge is -2.10. The molecule has 1 fully saturated rings. The van der Waals surface area contributed by atoms with E-state index in [9.17, 15) is 4.79 Å². The number of rotatable bonds is 7. The van der Waals surface area contributed by atoms with Crippen LogP contribution in [0.3, 0.4) is 0 Å². The standard InChI is InChI=1S/C11H20N6OS/c12-16-11-15-7-9(19-11)6-10(18)14-2-1-4-17-5-3-13-8-17/h3,5,8-9,11,15-16H,1-2,4,6-7,12H2,(H,14,18). The van der Waals surface area contributed by atoms with Gasteiger partial charge in [0.1, 0.15) is 5.50 Å². The van der Waals surface area contributed by atoms with E-state index < -0.39 is 0 Å². The number of aromatic nitrogens is 2. The summed E-state index contributed by atoms with van der Waals surface area (Å²) in [7, 11) is 0. The summed E-state index contributed by atoms with van der Waals surface area (Å²) in [5, 5.41) is 6.41. The Kier molecular flexibility index (Phi) is 5.64. The van der Waals surface area contributed by atoms with Crippen molar-refractivity contribution in [1.29, 1.82) is 0 Å². The first kappa shape index (κ1) is 14.3. The summed E-state index contributed by atoms with van der Waals surface area (Å²) >= 11 is 1.66. The molecule has 1 aromatic rings. The number of nitrogens with zero attached hydrogens (tertiary/aromatic N) is 2. The zero-order valence-electron chi connectivity index (χ0n) is 10.7. The summed E-state index contributed by atoms with van der Waals surface area (Å²) in [6, 6.07) is 0. The molecule has 2 heterocycles. The number of hydrazine groups is 1. The summed E-state index contributed by atoms with van der Waals surface area (Å²) in [5.41, 5.74) is 2.70. The molecule has 1 aromatic heterocycles. The number of nitrogens with one attached hydrogen (secondary N) is 3. The number of nitrogens with two attached hydrogens (primary N) is 1. The number of hydrogen-bond donors (Lipinski definition) is 4. The number of thioether (sulfide) groups is 1. The maximum atomic E-state index is 11.7. The molecule has 1 saturated heterocycles. The lowest BCUT2D eigenvalue weighted by molar-refractivity contribution is -0.121. The Hall–Kier alpha value is -1.09. The minimum atomic E-state index is 0.0547. The van der Waals surface area contributed by atoms with Gasteiger partial charge in [0.2, 0.25) is 5.91 Å². The molecule has 19 heavy (non-hydrogen) atoms. The highest BCUT2D eigenvalue weighted by atomic mass is 32.2. The van der Waals surface area contributed by atoms with Gasteiger partial charge in [-0.15, -0.1) is 11.8 Å². The molecule has 0 radical (unpaired) electrons. The summed E-state index contributed by atoms with van der Waals surface area (Å²) in [6.07, 6.45) is 6.89. The van der Waals surface area contributed by atoms with Crippen LogP contribution < -0.4 is 21.9 Å². The predicted octanol–water partition coefficient (Wildman–Crippen LogP) is -0.769. The zero-order valence-corrected chi connectivity index (χ0v) is 11.5. The van der Waals surface area contributed by atoms with Crippen molar-refractivity contribution in [1.82, 2.24) is 25.6 Å². The van der Waals surface area contributed by atoms with Gasteiger partial charge in [-0.3, -0.25) is 16.0 Å². The van der Waals surface area contributed by atoms with E-state index in [2.05, 4.69) is 21.0 Å². The van der Waals surface area contributed by atoms with Crippen molar-refractivity contribution in [2.45, 2.75) is 30.1 Å². The van der Waals surface area contributed by atoms with Crippen LogP contribution in [0.25, 0.3) is 0 Å². The third-order valence-electron chi connectivity index (χ3n) is 2.90. The second-order valence-electron chi connectivity index (χ2n) is 4.42. The highest BCUT2D eigenvalue weighted by Gasteiger charge is 2.25. The van der Waals surface area contributed by atoms with Crippen molar-refractivity contribution in [2.24, 2.45) is 5.84 Å². The van der Waals surface area contributed by atoms with E-state index in [1.807, 2.05) is 10.8 Å². The van der Waals surface area contributed by atoms with E-state index in [-0.39, 0.29) is 16.7 Å². The smallest absolute Gasteiger partial charge is 0.221 e. The highest BCUT2D eigenvalue weighted by molar-refractivity contribution is 8.00. The van der Waals surface area contributed by atoms with Gasteiger partial charge in [0.05, 0.1) is 6.33 Å². The van der Waals surface area contributed by atoms with Crippen LogP contribution in [0.5, 0.6) is 0 Å². The molecule has 0 spiro atoms. The molecule has 1 amide bonds. The fourth-order valence-corrected chi connectivity index (χ4v) is 3.03. The van der Waals surface area contributed by atoms with Crippen molar-refractivity contribution in [3.05, 3.63) is 18.7 Å². The van der Waals surface area contributed by atoms with Gasteiger partial charge >= 0.3 is 0 Å². The molecule has 0 aromatic carbocycles. The van der Waals surface area contributed by atoms with Crippen LogP contribution >= 0.6 is 11.8 Å². The molecule has 2 atom stereocenters. The molecule has 2 rings (SSSR count). The molecule has 7 nitrogen and oxygen atoms in total. The lowest BCUT2D eigenvalue weighted by atomic mass is 10.3. The molecule has 8 heteroatoms. The third-order valence-corrected chi connectivity index (χ3v) is 4.19. The molecule has 106 valence electrons. The van der Waals surface area contributed by atoms with Gasteiger partial charge in [0.15, 0.2) is 0 Å². The van der Waals surface area contributed by atoms with E-state index in [0.29, 0.717) is 13.0 Å². The average Bonchev–Trinajstić information content (AvgIpc) is 3.05. The highest BCUT2D eigenvalue weighted by Crippen LogP contribution is 2.22. The average molecular weight is 284 g/mol. The summed E-state index contributed by atoms with van der Waals surface area (Å²) in [6.45, 7) is 2.38. The summed E-state index contributed by atoms with van der Waals surface area (Å²) < 4.78 is 2.00. The monoisotopic (exact) mass is 284 g/mol. The molecule has 2 unspecified atom stereocenters. The van der Waals surface area contributed by atoms with Gasteiger partial charge in [-0.05, 0) is 6.42 Å². The predicted molar refractivity (Wildman–Crippen MR) is 75.0 cm³/mol. The normalized spacial score (nSPS) is 22.6. The van der Waals surface area contributed by atoms with Crippen LogP contribution in [0.2, 0.25) is 0 Å². The molecule has 0 aliphatic carbocycles. The Morgan fingerprint density at radius 2 is 2.53 bits per heavy atom. The molecule has 1 aliphatic heterocycles. The number of imidazole rings is 1. The quantitative estimate of drug-likeness (QED) is 0.298. The first-order chi connectivity index (χ1) is 9.28. The Balaban J connectivity index is 1.55. The topological polar surface area (TPSA) is 97.0 Å². The van der Waals surface area contributed by atoms with E-state index in [4.69, 9.17) is 5.84 Å². The van der Waals surface area contributed by atoms with Crippen LogP contribution in [-0.4, -0.2) is 39.3 Å². The molecule has 1 aliphatic rings. The number of amides is 1. The fourth-order valence-electron chi connectivity index (χ4n) is 1.93. The Morgan fingerprint density at radius 1 is 1.63 bits per heavy atom. The van der Waals surface area contributed by atoms with Crippen molar-refractivity contribution >= 4 is 17.7 Å². The molecule has 0 bridgehead atoms. The minimum Gasteiger partial charge on any atom is -0.356 e. The lowest BCUT2D eigenvalue weighted by Crippen LogP contribution is -2.39. The summed E-state index contributed by atoms with van der Waals surface area (Å²) in [5.74, 6) is 5.43.